The fourth-order valence-electron chi connectivity index (χ4n) is 2.15. The zero-order valence-electron chi connectivity index (χ0n) is 9.31. The Morgan fingerprint density at radius 2 is 2.20 bits per heavy atom. The van der Waals surface area contributed by atoms with E-state index < -0.39 is 0 Å². The van der Waals surface area contributed by atoms with E-state index in [9.17, 15) is 5.11 Å². The predicted octanol–water partition coefficient (Wildman–Crippen LogP) is -0.101. The second-order valence-corrected chi connectivity index (χ2v) is 4.22. The molecule has 0 atom stereocenters. The highest BCUT2D eigenvalue weighted by Crippen LogP contribution is 2.20. The zero-order chi connectivity index (χ0) is 10.8. The van der Waals surface area contributed by atoms with E-state index in [1.165, 1.54) is 12.8 Å². The molecule has 0 amide bonds. The monoisotopic (exact) mass is 207 g/mol. The van der Waals surface area contributed by atoms with E-state index in [1.54, 1.807) is 0 Å². The lowest BCUT2D eigenvalue weighted by atomic mass is 10.3. The van der Waals surface area contributed by atoms with Gasteiger partial charge in [-0.25, -0.2) is 9.13 Å². The first-order valence-electron chi connectivity index (χ1n) is 5.44. The van der Waals surface area contributed by atoms with Crippen LogP contribution in [-0.4, -0.2) is 16.5 Å². The van der Waals surface area contributed by atoms with Crippen molar-refractivity contribution in [2.24, 2.45) is 19.1 Å². The number of hydrogen-bond acceptors (Lipinski definition) is 2. The van der Waals surface area contributed by atoms with Crippen molar-refractivity contribution >= 4 is 5.90 Å². The number of aromatic nitrogens is 2. The van der Waals surface area contributed by atoms with Crippen LogP contribution >= 0.6 is 0 Å². The van der Waals surface area contributed by atoms with Crippen LogP contribution < -0.4 is 9.67 Å². The average Bonchev–Trinajstić information content (AvgIpc) is 2.77. The molecule has 2 rings (SSSR count). The van der Waals surface area contributed by atoms with E-state index in [1.807, 2.05) is 35.6 Å². The molecular weight excluding hydrogens is 190 g/mol. The Hall–Kier alpha value is -1.32. The van der Waals surface area contributed by atoms with Crippen LogP contribution in [0, 0.1) is 0 Å². The molecule has 1 aromatic heterocycles. The highest BCUT2D eigenvalue weighted by Gasteiger charge is 2.16. The average molecular weight is 207 g/mol. The minimum Gasteiger partial charge on any atom is -0.853 e. The molecule has 0 N–H and O–H groups in total. The molecule has 0 aromatic carbocycles. The molecule has 1 aromatic rings. The number of hydrogen-bond donors (Lipinski definition) is 0. The van der Waals surface area contributed by atoms with Gasteiger partial charge in [-0.05, 0) is 12.8 Å². The number of imidazole rings is 1. The molecule has 82 valence electrons. The van der Waals surface area contributed by atoms with Gasteiger partial charge in [0.15, 0.2) is 0 Å². The summed E-state index contributed by atoms with van der Waals surface area (Å²) in [6.45, 7) is 0. The van der Waals surface area contributed by atoms with Crippen LogP contribution in [0.5, 0.6) is 0 Å². The van der Waals surface area contributed by atoms with Crippen molar-refractivity contribution in [3.63, 3.8) is 0 Å². The number of rotatable bonds is 2. The van der Waals surface area contributed by atoms with Crippen molar-refractivity contribution in [1.29, 1.82) is 0 Å². The molecule has 0 aliphatic heterocycles. The number of nitrogens with zero attached hydrogens (tertiary/aromatic N) is 3. The Bertz CT molecular complexity index is 356. The Labute approximate surface area is 89.9 Å². The van der Waals surface area contributed by atoms with Crippen LogP contribution in [0.4, 0.5) is 0 Å². The maximum atomic E-state index is 11.9. The van der Waals surface area contributed by atoms with Crippen LogP contribution in [0.1, 0.15) is 31.5 Å². The van der Waals surface area contributed by atoms with Gasteiger partial charge in [0.2, 0.25) is 0 Å². The lowest BCUT2D eigenvalue weighted by Gasteiger charge is -2.10. The first-order valence-corrected chi connectivity index (χ1v) is 5.44. The van der Waals surface area contributed by atoms with E-state index >= 15 is 0 Å². The van der Waals surface area contributed by atoms with Gasteiger partial charge >= 0.3 is 0 Å². The fraction of sp³-hybridized carbons (Fsp3) is 0.636. The molecule has 0 saturated heterocycles. The molecule has 0 unspecified atom stereocenters. The molecule has 1 saturated carbocycles. The van der Waals surface area contributed by atoms with Crippen LogP contribution in [0.25, 0.3) is 0 Å². The first kappa shape index (κ1) is 10.2. The van der Waals surface area contributed by atoms with E-state index in [-0.39, 0.29) is 11.9 Å². The van der Waals surface area contributed by atoms with Gasteiger partial charge in [0.05, 0.1) is 20.0 Å². The summed E-state index contributed by atoms with van der Waals surface area (Å²) in [6.07, 6.45) is 8.30. The molecule has 0 spiro atoms. The van der Waals surface area contributed by atoms with Gasteiger partial charge in [0.25, 0.3) is 5.82 Å². The van der Waals surface area contributed by atoms with Crippen LogP contribution in [0.15, 0.2) is 17.4 Å². The summed E-state index contributed by atoms with van der Waals surface area (Å²) in [5, 5.41) is 11.9. The molecule has 1 aliphatic carbocycles. The summed E-state index contributed by atoms with van der Waals surface area (Å²) in [5.41, 5.74) is 0. The molecule has 4 nitrogen and oxygen atoms in total. The lowest BCUT2D eigenvalue weighted by molar-refractivity contribution is -0.674. The minimum atomic E-state index is -0.0862. The van der Waals surface area contributed by atoms with Crippen molar-refractivity contribution in [2.45, 2.75) is 31.7 Å². The summed E-state index contributed by atoms with van der Waals surface area (Å²) in [6, 6.07) is 0.257. The van der Waals surface area contributed by atoms with Crippen molar-refractivity contribution < 1.29 is 9.67 Å². The van der Waals surface area contributed by atoms with Crippen molar-refractivity contribution in [1.82, 2.24) is 4.57 Å². The highest BCUT2D eigenvalue weighted by atomic mass is 16.3. The Kier molecular flexibility index (Phi) is 2.75. The molecular formula is C11H17N3O. The lowest BCUT2D eigenvalue weighted by Crippen LogP contribution is -2.40. The SMILES string of the molecule is Cn1cc[n+](C)c1/C([O-])=N/C1CCCC1. The smallest absolute Gasteiger partial charge is 0.291 e. The van der Waals surface area contributed by atoms with Gasteiger partial charge in [-0.2, -0.15) is 0 Å². The summed E-state index contributed by atoms with van der Waals surface area (Å²) in [5.74, 6) is 0.568. The third-order valence-electron chi connectivity index (χ3n) is 3.00. The second-order valence-electron chi connectivity index (χ2n) is 4.22. The summed E-state index contributed by atoms with van der Waals surface area (Å²) in [7, 11) is 3.74. The van der Waals surface area contributed by atoms with Gasteiger partial charge in [-0.1, -0.05) is 12.8 Å². The van der Waals surface area contributed by atoms with Crippen LogP contribution in [0.2, 0.25) is 0 Å². The van der Waals surface area contributed by atoms with Crippen LogP contribution in [-0.2, 0) is 14.1 Å². The van der Waals surface area contributed by atoms with Crippen molar-refractivity contribution in [3.05, 3.63) is 18.2 Å². The summed E-state index contributed by atoms with van der Waals surface area (Å²) >= 11 is 0. The standard InChI is InChI=1S/C11H17N3O/c1-13-7-8-14(2)11(13)10(15)12-9-5-3-4-6-9/h7-9H,3-6H2,1-2H3. The normalized spacial score (nSPS) is 18.7. The Morgan fingerprint density at radius 3 is 2.73 bits per heavy atom. The molecule has 1 fully saturated rings. The Balaban J connectivity index is 2.22. The van der Waals surface area contributed by atoms with Crippen LogP contribution in [0.3, 0.4) is 0 Å². The van der Waals surface area contributed by atoms with Gasteiger partial charge in [0, 0.05) is 6.04 Å². The minimum absolute atomic E-state index is 0.0862. The van der Waals surface area contributed by atoms with Gasteiger partial charge in [-0.3, -0.25) is 4.99 Å². The maximum absolute atomic E-state index is 11.9. The summed E-state index contributed by atoms with van der Waals surface area (Å²) in [4.78, 5) is 4.26. The first-order chi connectivity index (χ1) is 7.18. The molecule has 4 heteroatoms. The fourth-order valence-corrected chi connectivity index (χ4v) is 2.15. The third kappa shape index (κ3) is 2.03. The van der Waals surface area contributed by atoms with E-state index in [4.69, 9.17) is 0 Å². The molecule has 0 bridgehead atoms. The second kappa shape index (κ2) is 4.04. The van der Waals surface area contributed by atoms with Crippen molar-refractivity contribution in [2.75, 3.05) is 0 Å². The maximum Gasteiger partial charge on any atom is 0.291 e. The van der Waals surface area contributed by atoms with Gasteiger partial charge in [0.1, 0.15) is 12.4 Å². The third-order valence-corrected chi connectivity index (χ3v) is 3.00. The number of aliphatic imine (C=N–C) groups is 1. The summed E-state index contributed by atoms with van der Waals surface area (Å²) < 4.78 is 3.64. The van der Waals surface area contributed by atoms with E-state index in [2.05, 4.69) is 4.99 Å². The van der Waals surface area contributed by atoms with Gasteiger partial charge < -0.3 is 5.11 Å². The molecule has 1 heterocycles. The highest BCUT2D eigenvalue weighted by molar-refractivity contribution is 5.85. The number of aryl methyl sites for hydroxylation is 2. The van der Waals surface area contributed by atoms with E-state index in [0.717, 1.165) is 12.8 Å². The molecule has 15 heavy (non-hydrogen) atoms. The predicted molar refractivity (Wildman–Crippen MR) is 55.4 cm³/mol. The molecule has 1 aliphatic rings. The Morgan fingerprint density at radius 1 is 1.53 bits per heavy atom. The van der Waals surface area contributed by atoms with E-state index in [0.29, 0.717) is 5.82 Å². The topological polar surface area (TPSA) is 44.2 Å². The largest absolute Gasteiger partial charge is 0.853 e. The van der Waals surface area contributed by atoms with Crippen molar-refractivity contribution in [3.8, 4) is 0 Å². The van der Waals surface area contributed by atoms with Gasteiger partial charge in [-0.15, -0.1) is 0 Å². The molecule has 0 radical (unpaired) electrons. The quantitative estimate of drug-likeness (QED) is 0.379. The zero-order valence-corrected chi connectivity index (χ0v) is 9.31.